The van der Waals surface area contributed by atoms with E-state index in [4.69, 9.17) is 0 Å². The maximum absolute atomic E-state index is 11.5. The van der Waals surface area contributed by atoms with Gasteiger partial charge in [-0.05, 0) is 25.0 Å². The second-order valence-corrected chi connectivity index (χ2v) is 3.94. The molecule has 0 unspecified atom stereocenters. The summed E-state index contributed by atoms with van der Waals surface area (Å²) in [6.07, 6.45) is 3.98. The van der Waals surface area contributed by atoms with Crippen molar-refractivity contribution in [3.05, 3.63) is 24.2 Å². The van der Waals surface area contributed by atoms with Gasteiger partial charge in [-0.2, -0.15) is 0 Å². The first-order valence-electron chi connectivity index (χ1n) is 5.11. The molecule has 0 aliphatic heterocycles. The van der Waals surface area contributed by atoms with E-state index in [0.29, 0.717) is 17.5 Å². The van der Waals surface area contributed by atoms with Crippen LogP contribution >= 0.6 is 0 Å². The minimum atomic E-state index is 0.0138. The van der Waals surface area contributed by atoms with Gasteiger partial charge in [0.25, 0.3) is 0 Å². The molecule has 0 aromatic carbocycles. The zero-order valence-electron chi connectivity index (χ0n) is 8.47. The molecule has 4 nitrogen and oxygen atoms in total. The summed E-state index contributed by atoms with van der Waals surface area (Å²) in [7, 11) is 0. The van der Waals surface area contributed by atoms with Crippen LogP contribution in [-0.2, 0) is 0 Å². The molecule has 0 radical (unpaired) electrons. The van der Waals surface area contributed by atoms with Crippen LogP contribution in [-0.4, -0.2) is 20.3 Å². The number of pyridine rings is 1. The van der Waals surface area contributed by atoms with Crippen LogP contribution in [0, 0.1) is 0 Å². The summed E-state index contributed by atoms with van der Waals surface area (Å²) < 4.78 is 2.03. The lowest BCUT2D eigenvalue weighted by Gasteiger charge is -2.03. The van der Waals surface area contributed by atoms with E-state index in [1.54, 1.807) is 13.1 Å². The average Bonchev–Trinajstić information content (AvgIpc) is 2.98. The Kier molecular flexibility index (Phi) is 1.65. The van der Waals surface area contributed by atoms with Gasteiger partial charge in [0.1, 0.15) is 0 Å². The Balaban J connectivity index is 2.33. The molecule has 15 heavy (non-hydrogen) atoms. The van der Waals surface area contributed by atoms with Crippen LogP contribution in [0.1, 0.15) is 36.4 Å². The van der Waals surface area contributed by atoms with Gasteiger partial charge in [0.15, 0.2) is 17.3 Å². The molecular formula is C11H11N3O. The summed E-state index contributed by atoms with van der Waals surface area (Å²) in [5, 5.41) is 0. The normalized spacial score (nSPS) is 15.8. The fourth-order valence-electron chi connectivity index (χ4n) is 1.88. The molecule has 1 saturated carbocycles. The number of carbonyl (C=O) groups is 1. The third kappa shape index (κ3) is 1.25. The largest absolute Gasteiger partial charge is 0.317 e. The van der Waals surface area contributed by atoms with Gasteiger partial charge >= 0.3 is 0 Å². The number of rotatable bonds is 2. The molecule has 1 fully saturated rings. The maximum Gasteiger partial charge on any atom is 0.195 e. The predicted molar refractivity (Wildman–Crippen MR) is 55.8 cm³/mol. The van der Waals surface area contributed by atoms with Gasteiger partial charge in [0.2, 0.25) is 0 Å². The van der Waals surface area contributed by atoms with Crippen LogP contribution in [0.3, 0.4) is 0 Å². The number of fused-ring (bicyclic) bond motifs is 1. The Hall–Kier alpha value is -1.71. The van der Waals surface area contributed by atoms with E-state index in [9.17, 15) is 4.79 Å². The zero-order chi connectivity index (χ0) is 10.4. The number of hydrogen-bond donors (Lipinski definition) is 0. The first-order chi connectivity index (χ1) is 7.27. The highest BCUT2D eigenvalue weighted by Gasteiger charge is 2.29. The van der Waals surface area contributed by atoms with Gasteiger partial charge in [0, 0.05) is 19.2 Å². The maximum atomic E-state index is 11.5. The Bertz CT molecular complexity index is 540. The molecular weight excluding hydrogens is 190 g/mol. The average molecular weight is 201 g/mol. The first-order valence-corrected chi connectivity index (χ1v) is 5.11. The molecule has 0 amide bonds. The van der Waals surface area contributed by atoms with Gasteiger partial charge < -0.3 is 4.57 Å². The summed E-state index contributed by atoms with van der Waals surface area (Å²) in [4.78, 5) is 19.9. The van der Waals surface area contributed by atoms with Gasteiger partial charge in [-0.15, -0.1) is 0 Å². The number of ketones is 1. The summed E-state index contributed by atoms with van der Waals surface area (Å²) in [5.41, 5.74) is 1.65. The molecule has 0 atom stereocenters. The standard InChI is InChI=1S/C11H11N3O/c1-7(15)11-13-10-9(3-2-6-12-10)14(11)8-4-5-8/h2-3,6,8H,4-5H2,1H3. The summed E-state index contributed by atoms with van der Waals surface area (Å²) in [6.45, 7) is 1.56. The van der Waals surface area contributed by atoms with E-state index in [2.05, 4.69) is 9.97 Å². The van der Waals surface area contributed by atoms with Crippen molar-refractivity contribution < 1.29 is 4.79 Å². The molecule has 0 bridgehead atoms. The number of hydrogen-bond acceptors (Lipinski definition) is 3. The molecule has 76 valence electrons. The van der Waals surface area contributed by atoms with Crippen molar-refractivity contribution in [2.75, 3.05) is 0 Å². The highest BCUT2D eigenvalue weighted by Crippen LogP contribution is 2.38. The summed E-state index contributed by atoms with van der Waals surface area (Å²) in [6, 6.07) is 4.31. The SMILES string of the molecule is CC(=O)c1nc2ncccc2n1C1CC1. The van der Waals surface area contributed by atoms with Gasteiger partial charge in [-0.25, -0.2) is 9.97 Å². The predicted octanol–water partition coefficient (Wildman–Crippen LogP) is 1.97. The van der Waals surface area contributed by atoms with Crippen molar-refractivity contribution in [3.63, 3.8) is 0 Å². The van der Waals surface area contributed by atoms with E-state index in [1.807, 2.05) is 16.7 Å². The van der Waals surface area contributed by atoms with E-state index in [1.165, 1.54) is 0 Å². The Morgan fingerprint density at radius 1 is 1.53 bits per heavy atom. The van der Waals surface area contributed by atoms with Crippen LogP contribution < -0.4 is 0 Å². The van der Waals surface area contributed by atoms with Crippen LogP contribution in [0.5, 0.6) is 0 Å². The number of nitrogens with zero attached hydrogens (tertiary/aromatic N) is 3. The van der Waals surface area contributed by atoms with E-state index >= 15 is 0 Å². The van der Waals surface area contributed by atoms with Crippen LogP contribution in [0.4, 0.5) is 0 Å². The third-order valence-electron chi connectivity index (χ3n) is 2.69. The van der Waals surface area contributed by atoms with Crippen molar-refractivity contribution in [3.8, 4) is 0 Å². The highest BCUT2D eigenvalue weighted by atomic mass is 16.1. The fourth-order valence-corrected chi connectivity index (χ4v) is 1.88. The Morgan fingerprint density at radius 3 is 3.00 bits per heavy atom. The number of carbonyl (C=O) groups excluding carboxylic acids is 1. The smallest absolute Gasteiger partial charge is 0.195 e. The third-order valence-corrected chi connectivity index (χ3v) is 2.69. The minimum absolute atomic E-state index is 0.0138. The Labute approximate surface area is 87.0 Å². The van der Waals surface area contributed by atoms with Gasteiger partial charge in [-0.1, -0.05) is 0 Å². The van der Waals surface area contributed by atoms with Crippen LogP contribution in [0.25, 0.3) is 11.2 Å². The first kappa shape index (κ1) is 8.59. The quantitative estimate of drug-likeness (QED) is 0.698. The van der Waals surface area contributed by atoms with Crippen molar-refractivity contribution in [2.45, 2.75) is 25.8 Å². The zero-order valence-corrected chi connectivity index (χ0v) is 8.47. The van der Waals surface area contributed by atoms with Crippen molar-refractivity contribution in [1.82, 2.24) is 14.5 Å². The second-order valence-electron chi connectivity index (χ2n) is 3.94. The number of aromatic nitrogens is 3. The molecule has 1 aliphatic carbocycles. The second kappa shape index (κ2) is 2.89. The van der Waals surface area contributed by atoms with Crippen molar-refractivity contribution in [1.29, 1.82) is 0 Å². The van der Waals surface area contributed by atoms with Crippen molar-refractivity contribution in [2.24, 2.45) is 0 Å². The molecule has 0 N–H and O–H groups in total. The monoisotopic (exact) mass is 201 g/mol. The van der Waals surface area contributed by atoms with E-state index in [-0.39, 0.29) is 5.78 Å². The molecule has 0 spiro atoms. The van der Waals surface area contributed by atoms with E-state index < -0.39 is 0 Å². The number of Topliss-reactive ketones (excluding diaryl/α,β-unsaturated/α-hetero) is 1. The molecule has 0 saturated heterocycles. The van der Waals surface area contributed by atoms with E-state index in [0.717, 1.165) is 18.4 Å². The lowest BCUT2D eigenvalue weighted by molar-refractivity contribution is 0.1000. The lowest BCUT2D eigenvalue weighted by Crippen LogP contribution is -2.05. The summed E-state index contributed by atoms with van der Waals surface area (Å²) >= 11 is 0. The topological polar surface area (TPSA) is 47.8 Å². The Morgan fingerprint density at radius 2 is 2.33 bits per heavy atom. The van der Waals surface area contributed by atoms with Gasteiger partial charge in [-0.3, -0.25) is 4.79 Å². The van der Waals surface area contributed by atoms with Gasteiger partial charge in [0.05, 0.1) is 5.52 Å². The molecule has 3 rings (SSSR count). The fraction of sp³-hybridized carbons (Fsp3) is 0.364. The number of imidazole rings is 1. The molecule has 2 aromatic heterocycles. The molecule has 1 aliphatic rings. The van der Waals surface area contributed by atoms with Crippen LogP contribution in [0.15, 0.2) is 18.3 Å². The molecule has 4 heteroatoms. The van der Waals surface area contributed by atoms with Crippen molar-refractivity contribution >= 4 is 16.9 Å². The summed E-state index contributed by atoms with van der Waals surface area (Å²) in [5.74, 6) is 0.561. The van der Waals surface area contributed by atoms with Crippen LogP contribution in [0.2, 0.25) is 0 Å². The highest BCUT2D eigenvalue weighted by molar-refractivity contribution is 5.94. The lowest BCUT2D eigenvalue weighted by atomic mass is 10.4. The molecule has 2 heterocycles. The molecule has 2 aromatic rings. The minimum Gasteiger partial charge on any atom is -0.317 e.